The predicted octanol–water partition coefficient (Wildman–Crippen LogP) is 1.48. The van der Waals surface area contributed by atoms with Crippen LogP contribution in [-0.2, 0) is 21.3 Å². The fourth-order valence-electron chi connectivity index (χ4n) is 4.24. The molecule has 2 aliphatic heterocycles. The van der Waals surface area contributed by atoms with E-state index < -0.39 is 10.0 Å². The first-order valence-electron chi connectivity index (χ1n) is 11.1. The van der Waals surface area contributed by atoms with Crippen LogP contribution in [0.2, 0.25) is 0 Å². The van der Waals surface area contributed by atoms with Crippen molar-refractivity contribution in [2.45, 2.75) is 6.54 Å². The fraction of sp³-hybridized carbons (Fsp3) is 0.455. The molecule has 0 unspecified atom stereocenters. The van der Waals surface area contributed by atoms with Crippen molar-refractivity contribution in [3.63, 3.8) is 0 Å². The van der Waals surface area contributed by atoms with E-state index in [0.29, 0.717) is 56.3 Å². The van der Waals surface area contributed by atoms with Crippen molar-refractivity contribution in [3.8, 4) is 11.4 Å². The molecular formula is C22H26N6O4S2. The molecule has 0 aliphatic carbocycles. The summed E-state index contributed by atoms with van der Waals surface area (Å²) in [6, 6.07) is 3.84. The maximum absolute atomic E-state index is 11.8. The normalized spacial score (nSPS) is 18.4. The van der Waals surface area contributed by atoms with Gasteiger partial charge in [0.1, 0.15) is 0 Å². The topological polar surface area (TPSA) is 109 Å². The number of sulfonamides is 1. The van der Waals surface area contributed by atoms with Gasteiger partial charge in [0, 0.05) is 74.2 Å². The summed E-state index contributed by atoms with van der Waals surface area (Å²) in [4.78, 5) is 30.8. The average molecular weight is 503 g/mol. The molecule has 10 nitrogen and oxygen atoms in total. The number of rotatable bonds is 6. The minimum atomic E-state index is -3.15. The largest absolute Gasteiger partial charge is 0.378 e. The first kappa shape index (κ1) is 23.2. The van der Waals surface area contributed by atoms with Crippen LogP contribution in [0.3, 0.4) is 0 Å². The molecule has 0 spiro atoms. The number of fused-ring (bicyclic) bond motifs is 1. The van der Waals surface area contributed by atoms with Gasteiger partial charge in [-0.2, -0.15) is 4.31 Å². The van der Waals surface area contributed by atoms with E-state index in [0.717, 1.165) is 46.8 Å². The zero-order chi connectivity index (χ0) is 23.7. The highest BCUT2D eigenvalue weighted by Crippen LogP contribution is 2.35. The number of thiophene rings is 1. The number of aromatic nitrogens is 3. The molecule has 0 radical (unpaired) electrons. The highest BCUT2D eigenvalue weighted by atomic mass is 32.2. The summed E-state index contributed by atoms with van der Waals surface area (Å²) in [7, 11) is -3.15. The summed E-state index contributed by atoms with van der Waals surface area (Å²) in [6.45, 7) is 5.92. The number of hydrogen-bond acceptors (Lipinski definition) is 10. The van der Waals surface area contributed by atoms with E-state index in [-0.39, 0.29) is 0 Å². The first-order valence-corrected chi connectivity index (χ1v) is 13.8. The molecule has 180 valence electrons. The highest BCUT2D eigenvalue weighted by molar-refractivity contribution is 7.88. The molecule has 2 aliphatic rings. The molecular weight excluding hydrogens is 476 g/mol. The predicted molar refractivity (Wildman–Crippen MR) is 131 cm³/mol. The Bertz CT molecular complexity index is 1300. The van der Waals surface area contributed by atoms with Crippen molar-refractivity contribution in [3.05, 3.63) is 35.0 Å². The third kappa shape index (κ3) is 4.96. The lowest BCUT2D eigenvalue weighted by molar-refractivity contribution is 0.112. The van der Waals surface area contributed by atoms with E-state index >= 15 is 0 Å². The van der Waals surface area contributed by atoms with Crippen molar-refractivity contribution in [2.75, 3.05) is 63.6 Å². The number of nitrogens with zero attached hydrogens (tertiary/aromatic N) is 6. The van der Waals surface area contributed by atoms with Crippen molar-refractivity contribution in [1.29, 1.82) is 0 Å². The molecule has 0 amide bonds. The van der Waals surface area contributed by atoms with Crippen molar-refractivity contribution in [2.24, 2.45) is 0 Å². The highest BCUT2D eigenvalue weighted by Gasteiger charge is 2.25. The van der Waals surface area contributed by atoms with Crippen molar-refractivity contribution >= 4 is 43.7 Å². The molecule has 0 bridgehead atoms. The van der Waals surface area contributed by atoms with Crippen LogP contribution in [0, 0.1) is 0 Å². The molecule has 0 atom stereocenters. The number of ether oxygens (including phenoxy) is 1. The summed E-state index contributed by atoms with van der Waals surface area (Å²) in [5.41, 5.74) is 2.04. The van der Waals surface area contributed by atoms with Gasteiger partial charge in [0.25, 0.3) is 0 Å². The van der Waals surface area contributed by atoms with Crippen LogP contribution >= 0.6 is 11.3 Å². The Morgan fingerprint density at radius 3 is 2.53 bits per heavy atom. The zero-order valence-electron chi connectivity index (χ0n) is 18.9. The van der Waals surface area contributed by atoms with E-state index in [9.17, 15) is 13.2 Å². The lowest BCUT2D eigenvalue weighted by atomic mass is 10.2. The van der Waals surface area contributed by atoms with Gasteiger partial charge in [0.15, 0.2) is 17.9 Å². The van der Waals surface area contributed by atoms with Crippen LogP contribution in [0.1, 0.15) is 15.2 Å². The second kappa shape index (κ2) is 9.62. The molecule has 2 fully saturated rings. The van der Waals surface area contributed by atoms with E-state index in [1.54, 1.807) is 23.6 Å². The summed E-state index contributed by atoms with van der Waals surface area (Å²) in [5.74, 6) is 1.41. The van der Waals surface area contributed by atoms with Crippen LogP contribution in [0.25, 0.3) is 21.6 Å². The van der Waals surface area contributed by atoms with Gasteiger partial charge >= 0.3 is 0 Å². The van der Waals surface area contributed by atoms with Gasteiger partial charge in [-0.15, -0.1) is 11.3 Å². The third-order valence-electron chi connectivity index (χ3n) is 6.05. The smallest absolute Gasteiger partial charge is 0.211 e. The maximum atomic E-state index is 11.8. The summed E-state index contributed by atoms with van der Waals surface area (Å²) >= 11 is 1.68. The molecule has 5 heterocycles. The van der Waals surface area contributed by atoms with Gasteiger partial charge in [0.05, 0.1) is 29.7 Å². The van der Waals surface area contributed by atoms with Gasteiger partial charge < -0.3 is 9.64 Å². The standard InChI is InChI=1S/C22H26N6O4S2/c1-34(30,31)28-4-2-26(3-5-28)14-18-11-19-20(33-18)22(27-6-8-32-9-7-27)25-21(24-19)17-10-16(15-29)12-23-13-17/h10-13,15H,2-9,14H2,1H3. The Morgan fingerprint density at radius 1 is 1.06 bits per heavy atom. The maximum Gasteiger partial charge on any atom is 0.211 e. The van der Waals surface area contributed by atoms with E-state index in [2.05, 4.69) is 20.9 Å². The number of morpholine rings is 1. The number of carbonyl (C=O) groups is 1. The molecule has 3 aromatic rings. The summed E-state index contributed by atoms with van der Waals surface area (Å²) in [5, 5.41) is 0. The monoisotopic (exact) mass is 502 g/mol. The lowest BCUT2D eigenvalue weighted by Crippen LogP contribution is -2.47. The SMILES string of the molecule is CS(=O)(=O)N1CCN(Cc2cc3nc(-c4cncc(C=O)c4)nc(N4CCOCC4)c3s2)CC1. The van der Waals surface area contributed by atoms with Gasteiger partial charge in [-0.1, -0.05) is 0 Å². The van der Waals surface area contributed by atoms with Gasteiger partial charge in [-0.25, -0.2) is 18.4 Å². The van der Waals surface area contributed by atoms with Gasteiger partial charge in [-0.05, 0) is 12.1 Å². The molecule has 2 saturated heterocycles. The second-order valence-electron chi connectivity index (χ2n) is 8.46. The second-order valence-corrected chi connectivity index (χ2v) is 11.6. The minimum absolute atomic E-state index is 0.480. The molecule has 12 heteroatoms. The van der Waals surface area contributed by atoms with Crippen molar-refractivity contribution in [1.82, 2.24) is 24.2 Å². The molecule has 34 heavy (non-hydrogen) atoms. The average Bonchev–Trinajstić information content (AvgIpc) is 3.26. The Balaban J connectivity index is 1.46. The quantitative estimate of drug-likeness (QED) is 0.463. The molecule has 0 aromatic carbocycles. The first-order chi connectivity index (χ1) is 16.4. The molecule has 5 rings (SSSR count). The lowest BCUT2D eigenvalue weighted by Gasteiger charge is -2.32. The van der Waals surface area contributed by atoms with Gasteiger partial charge in [0.2, 0.25) is 10.0 Å². The van der Waals surface area contributed by atoms with Crippen LogP contribution in [0.15, 0.2) is 24.5 Å². The number of pyridine rings is 1. The Hall–Kier alpha value is -2.51. The Labute approximate surface area is 202 Å². The van der Waals surface area contributed by atoms with E-state index in [4.69, 9.17) is 14.7 Å². The third-order valence-corrected chi connectivity index (χ3v) is 8.46. The number of carbonyl (C=O) groups excluding carboxylic acids is 1. The van der Waals surface area contributed by atoms with E-state index in [1.807, 2.05) is 0 Å². The zero-order valence-corrected chi connectivity index (χ0v) is 20.5. The fourth-order valence-corrected chi connectivity index (χ4v) is 6.23. The number of anilines is 1. The summed E-state index contributed by atoms with van der Waals surface area (Å²) in [6.07, 6.45) is 5.22. The molecule has 0 N–H and O–H groups in total. The van der Waals surface area contributed by atoms with E-state index in [1.165, 1.54) is 16.8 Å². The number of piperazine rings is 1. The van der Waals surface area contributed by atoms with Crippen LogP contribution in [-0.4, -0.2) is 97.6 Å². The number of hydrogen-bond donors (Lipinski definition) is 0. The Kier molecular flexibility index (Phi) is 6.58. The molecule has 3 aromatic heterocycles. The minimum Gasteiger partial charge on any atom is -0.378 e. The summed E-state index contributed by atoms with van der Waals surface area (Å²) < 4.78 is 31.7. The van der Waals surface area contributed by atoms with Gasteiger partial charge in [-0.3, -0.25) is 14.7 Å². The van der Waals surface area contributed by atoms with Crippen LogP contribution in [0.4, 0.5) is 5.82 Å². The van der Waals surface area contributed by atoms with Crippen LogP contribution < -0.4 is 4.90 Å². The Morgan fingerprint density at radius 2 is 1.82 bits per heavy atom. The number of aldehydes is 1. The molecule has 0 saturated carbocycles. The van der Waals surface area contributed by atoms with Crippen molar-refractivity contribution < 1.29 is 17.9 Å². The van der Waals surface area contributed by atoms with Crippen LogP contribution in [0.5, 0.6) is 0 Å².